The van der Waals surface area contributed by atoms with Gasteiger partial charge in [-0.25, -0.2) is 22.0 Å². The van der Waals surface area contributed by atoms with Crippen molar-refractivity contribution in [3.63, 3.8) is 0 Å². The highest BCUT2D eigenvalue weighted by atomic mass is 32.2. The Morgan fingerprint density at radius 3 is 2.13 bits per heavy atom. The first-order valence-corrected chi connectivity index (χ1v) is 12.4. The summed E-state index contributed by atoms with van der Waals surface area (Å²) in [6.45, 7) is 1.74. The third kappa shape index (κ3) is 4.18. The molecule has 31 heavy (non-hydrogen) atoms. The van der Waals surface area contributed by atoms with Crippen LogP contribution < -0.4 is 9.86 Å². The van der Waals surface area contributed by atoms with Gasteiger partial charge in [-0.1, -0.05) is 66.7 Å². The third-order valence-corrected chi connectivity index (χ3v) is 7.47. The van der Waals surface area contributed by atoms with E-state index in [9.17, 15) is 16.8 Å². The van der Waals surface area contributed by atoms with Gasteiger partial charge in [0.25, 0.3) is 10.0 Å². The summed E-state index contributed by atoms with van der Waals surface area (Å²) in [7, 11) is -6.94. The van der Waals surface area contributed by atoms with Crippen molar-refractivity contribution in [1.29, 1.82) is 0 Å². The zero-order valence-electron chi connectivity index (χ0n) is 16.6. The fourth-order valence-corrected chi connectivity index (χ4v) is 5.68. The molecule has 0 spiro atoms. The summed E-state index contributed by atoms with van der Waals surface area (Å²) in [6, 6.07) is 25.7. The zero-order valence-corrected chi connectivity index (χ0v) is 18.2. The van der Waals surface area contributed by atoms with E-state index in [1.54, 1.807) is 37.3 Å². The van der Waals surface area contributed by atoms with E-state index in [1.165, 1.54) is 0 Å². The second kappa shape index (κ2) is 7.81. The van der Waals surface area contributed by atoms with E-state index in [0.29, 0.717) is 16.1 Å². The minimum Gasteiger partial charge on any atom is -0.279 e. The lowest BCUT2D eigenvalue weighted by molar-refractivity contribution is 0.596. The maximum Gasteiger partial charge on any atom is 0.262 e. The number of primary sulfonamides is 1. The predicted octanol–water partition coefficient (Wildman–Crippen LogP) is 4.26. The van der Waals surface area contributed by atoms with Gasteiger partial charge in [-0.15, -0.1) is 0 Å². The fourth-order valence-electron chi connectivity index (χ4n) is 3.59. The van der Waals surface area contributed by atoms with Gasteiger partial charge in [-0.05, 0) is 47.2 Å². The van der Waals surface area contributed by atoms with Crippen molar-refractivity contribution in [2.24, 2.45) is 5.14 Å². The molecule has 0 unspecified atom stereocenters. The molecule has 6 nitrogen and oxygen atoms in total. The van der Waals surface area contributed by atoms with Gasteiger partial charge >= 0.3 is 0 Å². The highest BCUT2D eigenvalue weighted by Gasteiger charge is 2.26. The fraction of sp³-hybridized carbons (Fsp3) is 0.0435. The molecule has 0 amide bonds. The number of nitrogens with two attached hydrogens (primary N) is 1. The highest BCUT2D eigenvalue weighted by Crippen LogP contribution is 2.36. The van der Waals surface area contributed by atoms with Crippen molar-refractivity contribution in [2.75, 3.05) is 4.72 Å². The molecule has 1 aliphatic rings. The summed E-state index contributed by atoms with van der Waals surface area (Å²) in [6.07, 6.45) is 0. The molecule has 0 aromatic heterocycles. The topological polar surface area (TPSA) is 106 Å². The van der Waals surface area contributed by atoms with Crippen LogP contribution in [0.15, 0.2) is 94.7 Å². The number of nitrogens with one attached hydrogen (secondary N) is 1. The Hall–Kier alpha value is -3.20. The average molecular weight is 453 g/mol. The molecule has 5 rings (SSSR count). The second-order valence-corrected chi connectivity index (χ2v) is 10.3. The lowest BCUT2D eigenvalue weighted by Crippen LogP contribution is -2.13. The van der Waals surface area contributed by atoms with E-state index < -0.39 is 20.0 Å². The second-order valence-electron chi connectivity index (χ2n) is 7.16. The molecule has 1 aliphatic heterocycles. The molecule has 4 aromatic carbocycles. The summed E-state index contributed by atoms with van der Waals surface area (Å²) >= 11 is 0. The van der Waals surface area contributed by atoms with Crippen LogP contribution in [0.4, 0.5) is 5.69 Å². The molecule has 3 N–H and O–H groups in total. The van der Waals surface area contributed by atoms with Crippen LogP contribution in [0.3, 0.4) is 0 Å². The molecule has 158 valence electrons. The summed E-state index contributed by atoms with van der Waals surface area (Å²) < 4.78 is 48.3. The van der Waals surface area contributed by atoms with E-state index >= 15 is 0 Å². The Balaban J connectivity index is 0.000000151. The first kappa shape index (κ1) is 21.0. The summed E-state index contributed by atoms with van der Waals surface area (Å²) in [4.78, 5) is 0.558. The molecule has 0 saturated carbocycles. The number of hydrogen-bond donors (Lipinski definition) is 2. The average Bonchev–Trinajstić information content (AvgIpc) is 3.00. The molecule has 0 atom stereocenters. The van der Waals surface area contributed by atoms with Crippen molar-refractivity contribution in [3.05, 3.63) is 90.5 Å². The van der Waals surface area contributed by atoms with Gasteiger partial charge in [0.05, 0.1) is 15.5 Å². The van der Waals surface area contributed by atoms with E-state index in [4.69, 9.17) is 5.14 Å². The molecule has 4 aromatic rings. The number of anilines is 1. The molecular formula is C23H20N2O4S2. The van der Waals surface area contributed by atoms with Crippen LogP contribution >= 0.6 is 0 Å². The van der Waals surface area contributed by atoms with Crippen LogP contribution in [0.5, 0.6) is 0 Å². The Labute approximate surface area is 181 Å². The summed E-state index contributed by atoms with van der Waals surface area (Å²) in [5, 5.41) is 6.87. The van der Waals surface area contributed by atoms with Crippen LogP contribution in [-0.2, 0) is 20.0 Å². The molecule has 0 aliphatic carbocycles. The van der Waals surface area contributed by atoms with Crippen LogP contribution in [0.25, 0.3) is 21.9 Å². The number of aryl methyl sites for hydroxylation is 1. The monoisotopic (exact) mass is 452 g/mol. The molecule has 0 saturated heterocycles. The van der Waals surface area contributed by atoms with Crippen LogP contribution in [0.2, 0.25) is 0 Å². The van der Waals surface area contributed by atoms with Crippen molar-refractivity contribution < 1.29 is 16.8 Å². The largest absolute Gasteiger partial charge is 0.279 e. The molecule has 8 heteroatoms. The van der Waals surface area contributed by atoms with Crippen LogP contribution in [0, 0.1) is 6.92 Å². The first-order valence-electron chi connectivity index (χ1n) is 9.40. The minimum atomic E-state index is -3.63. The summed E-state index contributed by atoms with van der Waals surface area (Å²) in [5.41, 5.74) is 3.37. The SMILES string of the molecule is Cc1cc(-c2ccccc2)ccc1S(N)(=O)=O.O=S1(=O)Nc2cccc3cccc1c23. The molecular weight excluding hydrogens is 432 g/mol. The number of sulfonamides is 2. The first-order chi connectivity index (χ1) is 14.7. The lowest BCUT2D eigenvalue weighted by atomic mass is 10.0. The number of benzene rings is 4. The van der Waals surface area contributed by atoms with Gasteiger partial charge in [-0.2, -0.15) is 0 Å². The maximum atomic E-state index is 11.6. The Morgan fingerprint density at radius 2 is 1.48 bits per heavy atom. The normalized spacial score (nSPS) is 13.9. The Morgan fingerprint density at radius 1 is 0.806 bits per heavy atom. The number of hydrogen-bond acceptors (Lipinski definition) is 4. The van der Waals surface area contributed by atoms with Gasteiger partial charge in [0, 0.05) is 5.39 Å². The molecule has 0 bridgehead atoms. The molecule has 0 radical (unpaired) electrons. The van der Waals surface area contributed by atoms with Crippen molar-refractivity contribution >= 4 is 36.5 Å². The van der Waals surface area contributed by atoms with Crippen LogP contribution in [-0.4, -0.2) is 16.8 Å². The van der Waals surface area contributed by atoms with Gasteiger partial charge in [0.1, 0.15) is 0 Å². The smallest absolute Gasteiger partial charge is 0.262 e. The zero-order chi connectivity index (χ0) is 22.2. The van der Waals surface area contributed by atoms with E-state index in [2.05, 4.69) is 4.72 Å². The lowest BCUT2D eigenvalue weighted by Gasteiger charge is -2.06. The third-order valence-electron chi connectivity index (χ3n) is 4.99. The standard InChI is InChI=1S/C13H13NO2S.C10H7NO2S/c1-10-9-12(11-5-3-2-4-6-11)7-8-13(10)17(14,15)16;12-14(13)9-6-2-4-7-3-1-5-8(11-14)10(7)9/h2-9H,1H3,(H2,14,15,16);1-6,11H. The van der Waals surface area contributed by atoms with Gasteiger partial charge in [-0.3, -0.25) is 4.72 Å². The van der Waals surface area contributed by atoms with Crippen molar-refractivity contribution in [2.45, 2.75) is 16.7 Å². The van der Waals surface area contributed by atoms with E-state index in [1.807, 2.05) is 54.6 Å². The minimum absolute atomic E-state index is 0.178. The van der Waals surface area contributed by atoms with Crippen molar-refractivity contribution in [1.82, 2.24) is 0 Å². The van der Waals surface area contributed by atoms with Gasteiger partial charge in [0.2, 0.25) is 10.0 Å². The molecule has 1 heterocycles. The quantitative estimate of drug-likeness (QED) is 0.474. The molecule has 0 fully saturated rings. The van der Waals surface area contributed by atoms with E-state index in [-0.39, 0.29) is 4.90 Å². The summed E-state index contributed by atoms with van der Waals surface area (Å²) in [5.74, 6) is 0. The van der Waals surface area contributed by atoms with Gasteiger partial charge < -0.3 is 0 Å². The Kier molecular flexibility index (Phi) is 5.30. The van der Waals surface area contributed by atoms with Crippen molar-refractivity contribution in [3.8, 4) is 11.1 Å². The highest BCUT2D eigenvalue weighted by molar-refractivity contribution is 7.93. The number of rotatable bonds is 2. The Bertz CT molecular complexity index is 1490. The van der Waals surface area contributed by atoms with E-state index in [0.717, 1.165) is 21.9 Å². The predicted molar refractivity (Wildman–Crippen MR) is 123 cm³/mol. The van der Waals surface area contributed by atoms with Crippen LogP contribution in [0.1, 0.15) is 5.56 Å². The van der Waals surface area contributed by atoms with Gasteiger partial charge in [0.15, 0.2) is 0 Å². The maximum absolute atomic E-state index is 11.6.